The number of carbonyl (C=O) groups excluding carboxylic acids is 2. The van der Waals surface area contributed by atoms with Crippen molar-refractivity contribution in [3.8, 4) is 0 Å². The normalized spacial score (nSPS) is 16.7. The molecule has 1 aromatic rings. The molecule has 0 bridgehead atoms. The number of hydrogen-bond acceptors (Lipinski definition) is 3. The van der Waals surface area contributed by atoms with Gasteiger partial charge in [-0.15, -0.1) is 11.8 Å². The molecule has 0 unspecified atom stereocenters. The third kappa shape index (κ3) is 4.16. The maximum Gasteiger partial charge on any atom is 0.416 e. The standard InChI is InChI=1S/C14H15F3N2O2S/c1-9(10-3-2-4-11(5-10)14(15,16)17)18-12(20)6-19-8-22-7-13(19)21/h2-5,9H,6-8H2,1H3,(H,18,20)/t9-/m0/s1. The summed E-state index contributed by atoms with van der Waals surface area (Å²) < 4.78 is 38.0. The second-order valence-corrected chi connectivity index (χ2v) is 5.94. The molecule has 22 heavy (non-hydrogen) atoms. The van der Waals surface area contributed by atoms with Crippen molar-refractivity contribution in [1.29, 1.82) is 0 Å². The number of thioether (sulfide) groups is 1. The van der Waals surface area contributed by atoms with Gasteiger partial charge >= 0.3 is 6.18 Å². The summed E-state index contributed by atoms with van der Waals surface area (Å²) in [5.74, 6) is 0.327. The van der Waals surface area contributed by atoms with Crippen LogP contribution in [0.15, 0.2) is 24.3 Å². The van der Waals surface area contributed by atoms with E-state index in [1.807, 2.05) is 0 Å². The van der Waals surface area contributed by atoms with Crippen LogP contribution in [0, 0.1) is 0 Å². The fraction of sp³-hybridized carbons (Fsp3) is 0.429. The number of amides is 2. The molecule has 1 heterocycles. The molecule has 0 radical (unpaired) electrons. The summed E-state index contributed by atoms with van der Waals surface area (Å²) in [6.07, 6.45) is -4.42. The first-order valence-corrected chi connectivity index (χ1v) is 7.75. The molecule has 0 aromatic heterocycles. The van der Waals surface area contributed by atoms with E-state index in [1.165, 1.54) is 28.8 Å². The van der Waals surface area contributed by atoms with Gasteiger partial charge in [0.25, 0.3) is 0 Å². The molecular weight excluding hydrogens is 317 g/mol. The smallest absolute Gasteiger partial charge is 0.348 e. The number of rotatable bonds is 4. The van der Waals surface area contributed by atoms with Gasteiger partial charge in [-0.1, -0.05) is 12.1 Å². The second-order valence-electron chi connectivity index (χ2n) is 4.98. The Morgan fingerprint density at radius 1 is 1.45 bits per heavy atom. The minimum Gasteiger partial charge on any atom is -0.348 e. The predicted molar refractivity (Wildman–Crippen MR) is 77.0 cm³/mol. The summed E-state index contributed by atoms with van der Waals surface area (Å²) in [5, 5.41) is 2.61. The van der Waals surface area contributed by atoms with Crippen molar-refractivity contribution >= 4 is 23.6 Å². The largest absolute Gasteiger partial charge is 0.416 e. The Hall–Kier alpha value is -1.70. The highest BCUT2D eigenvalue weighted by atomic mass is 32.2. The third-order valence-corrected chi connectivity index (χ3v) is 4.20. The minimum atomic E-state index is -4.42. The topological polar surface area (TPSA) is 49.4 Å². The lowest BCUT2D eigenvalue weighted by Crippen LogP contribution is -2.39. The molecule has 1 aliphatic heterocycles. The van der Waals surface area contributed by atoms with E-state index >= 15 is 0 Å². The first-order chi connectivity index (χ1) is 10.3. The Bertz CT molecular complexity index is 577. The van der Waals surface area contributed by atoms with Crippen LogP contribution >= 0.6 is 11.8 Å². The van der Waals surface area contributed by atoms with Gasteiger partial charge in [0.1, 0.15) is 6.54 Å². The van der Waals surface area contributed by atoms with Crippen LogP contribution in [-0.4, -0.2) is 34.9 Å². The van der Waals surface area contributed by atoms with Gasteiger partial charge in [-0.3, -0.25) is 9.59 Å². The summed E-state index contributed by atoms with van der Waals surface area (Å²) in [4.78, 5) is 24.7. The number of hydrogen-bond donors (Lipinski definition) is 1. The van der Waals surface area contributed by atoms with Gasteiger partial charge < -0.3 is 10.2 Å². The maximum absolute atomic E-state index is 12.7. The van der Waals surface area contributed by atoms with Crippen molar-refractivity contribution in [2.75, 3.05) is 18.2 Å². The molecule has 2 amide bonds. The molecule has 2 rings (SSSR count). The van der Waals surface area contributed by atoms with E-state index in [0.29, 0.717) is 17.2 Å². The molecule has 1 aromatic carbocycles. The average Bonchev–Trinajstić information content (AvgIpc) is 2.83. The Morgan fingerprint density at radius 3 is 2.77 bits per heavy atom. The van der Waals surface area contributed by atoms with Crippen LogP contribution in [0.1, 0.15) is 24.1 Å². The lowest BCUT2D eigenvalue weighted by atomic mass is 10.0. The molecule has 4 nitrogen and oxygen atoms in total. The fourth-order valence-electron chi connectivity index (χ4n) is 2.07. The summed E-state index contributed by atoms with van der Waals surface area (Å²) in [6.45, 7) is 1.53. The molecule has 120 valence electrons. The Morgan fingerprint density at radius 2 is 2.18 bits per heavy atom. The van der Waals surface area contributed by atoms with Crippen molar-refractivity contribution in [2.45, 2.75) is 19.1 Å². The molecule has 1 aliphatic rings. The molecule has 8 heteroatoms. The van der Waals surface area contributed by atoms with Crippen molar-refractivity contribution < 1.29 is 22.8 Å². The Kier molecular flexibility index (Phi) is 5.00. The highest BCUT2D eigenvalue weighted by molar-refractivity contribution is 8.00. The Balaban J connectivity index is 1.98. The number of alkyl halides is 3. The Labute approximate surface area is 130 Å². The highest BCUT2D eigenvalue weighted by Crippen LogP contribution is 2.30. The van der Waals surface area contributed by atoms with Gasteiger partial charge in [-0.05, 0) is 24.6 Å². The van der Waals surface area contributed by atoms with E-state index in [-0.39, 0.29) is 18.4 Å². The molecule has 1 saturated heterocycles. The van der Waals surface area contributed by atoms with Crippen LogP contribution in [0.2, 0.25) is 0 Å². The quantitative estimate of drug-likeness (QED) is 0.921. The molecule has 1 atom stereocenters. The summed E-state index contributed by atoms with van der Waals surface area (Å²) in [7, 11) is 0. The van der Waals surface area contributed by atoms with Crippen molar-refractivity contribution in [3.63, 3.8) is 0 Å². The van der Waals surface area contributed by atoms with Crippen LogP contribution in [0.5, 0.6) is 0 Å². The lowest BCUT2D eigenvalue weighted by molar-refractivity contribution is -0.137. The maximum atomic E-state index is 12.7. The second kappa shape index (κ2) is 6.60. The lowest BCUT2D eigenvalue weighted by Gasteiger charge is -2.19. The molecule has 0 spiro atoms. The summed E-state index contributed by atoms with van der Waals surface area (Å²) in [5.41, 5.74) is -0.387. The number of halogens is 3. The third-order valence-electron chi connectivity index (χ3n) is 3.25. The zero-order chi connectivity index (χ0) is 16.3. The number of carbonyl (C=O) groups is 2. The van der Waals surface area contributed by atoms with Gasteiger partial charge in [-0.2, -0.15) is 13.2 Å². The van der Waals surface area contributed by atoms with Gasteiger partial charge in [0.05, 0.1) is 23.2 Å². The average molecular weight is 332 g/mol. The van der Waals surface area contributed by atoms with Crippen LogP contribution < -0.4 is 5.32 Å². The number of nitrogens with zero attached hydrogens (tertiary/aromatic N) is 1. The van der Waals surface area contributed by atoms with E-state index in [0.717, 1.165) is 12.1 Å². The van der Waals surface area contributed by atoms with Crippen molar-refractivity contribution in [1.82, 2.24) is 10.2 Å². The van der Waals surface area contributed by atoms with Crippen LogP contribution in [-0.2, 0) is 15.8 Å². The SMILES string of the molecule is C[C@H](NC(=O)CN1CSCC1=O)c1cccc(C(F)(F)F)c1. The van der Waals surface area contributed by atoms with Crippen molar-refractivity contribution in [2.24, 2.45) is 0 Å². The highest BCUT2D eigenvalue weighted by Gasteiger charge is 2.31. The number of nitrogens with one attached hydrogen (secondary N) is 1. The molecule has 0 aliphatic carbocycles. The fourth-order valence-corrected chi connectivity index (χ4v) is 2.97. The van der Waals surface area contributed by atoms with Crippen LogP contribution in [0.25, 0.3) is 0 Å². The number of benzene rings is 1. The molecule has 1 fully saturated rings. The van der Waals surface area contributed by atoms with Gasteiger partial charge in [0, 0.05) is 0 Å². The van der Waals surface area contributed by atoms with Gasteiger partial charge in [0.2, 0.25) is 11.8 Å². The van der Waals surface area contributed by atoms with E-state index in [9.17, 15) is 22.8 Å². The monoisotopic (exact) mass is 332 g/mol. The van der Waals surface area contributed by atoms with Crippen molar-refractivity contribution in [3.05, 3.63) is 35.4 Å². The van der Waals surface area contributed by atoms with E-state index in [1.54, 1.807) is 6.92 Å². The zero-order valence-electron chi connectivity index (χ0n) is 11.8. The van der Waals surface area contributed by atoms with E-state index in [4.69, 9.17) is 0 Å². The first kappa shape index (κ1) is 16.7. The predicted octanol–water partition coefficient (Wildman–Crippen LogP) is 2.42. The first-order valence-electron chi connectivity index (χ1n) is 6.59. The molecular formula is C14H15F3N2O2S. The van der Waals surface area contributed by atoms with E-state index < -0.39 is 17.8 Å². The van der Waals surface area contributed by atoms with Gasteiger partial charge in [0.15, 0.2) is 0 Å². The van der Waals surface area contributed by atoms with Crippen LogP contribution in [0.4, 0.5) is 13.2 Å². The summed E-state index contributed by atoms with van der Waals surface area (Å²) >= 11 is 1.42. The van der Waals surface area contributed by atoms with Gasteiger partial charge in [-0.25, -0.2) is 0 Å². The minimum absolute atomic E-state index is 0.0743. The molecule has 0 saturated carbocycles. The zero-order valence-corrected chi connectivity index (χ0v) is 12.6. The summed E-state index contributed by atoms with van der Waals surface area (Å²) in [6, 6.07) is 4.26. The van der Waals surface area contributed by atoms with Crippen LogP contribution in [0.3, 0.4) is 0 Å². The molecule has 1 N–H and O–H groups in total. The van der Waals surface area contributed by atoms with E-state index in [2.05, 4.69) is 5.32 Å².